The van der Waals surface area contributed by atoms with E-state index in [-0.39, 0.29) is 18.0 Å². The number of nitriles is 1. The number of hydrogen-bond acceptors (Lipinski definition) is 5. The number of amides is 1. The standard InChI is InChI=1S/C21H22N6O/c1-14-7-8-16(27(14)21(28)17-6-4-3-5-15(17)11-22)12-26(2)20-18-9-10-23-19(18)24-13-25-20/h3-6,9-10,13-14,16H,7-8,12H2,1-2H3,(H,23,24,25)/t14-,16+/m0/s1. The van der Waals surface area contributed by atoms with Crippen molar-refractivity contribution < 1.29 is 4.79 Å². The van der Waals surface area contributed by atoms with E-state index in [9.17, 15) is 10.1 Å². The van der Waals surface area contributed by atoms with Crippen molar-refractivity contribution in [1.82, 2.24) is 19.9 Å². The number of hydrogen-bond donors (Lipinski definition) is 1. The molecule has 2 aromatic heterocycles. The number of carbonyl (C=O) groups is 1. The fourth-order valence-electron chi connectivity index (χ4n) is 4.09. The molecule has 1 N–H and O–H groups in total. The van der Waals surface area contributed by atoms with Crippen LogP contribution in [0, 0.1) is 11.3 Å². The molecule has 1 saturated heterocycles. The number of anilines is 1. The number of rotatable bonds is 4. The van der Waals surface area contributed by atoms with Crippen molar-refractivity contribution in [2.75, 3.05) is 18.5 Å². The van der Waals surface area contributed by atoms with Gasteiger partial charge in [0.25, 0.3) is 5.91 Å². The second kappa shape index (κ2) is 7.31. The van der Waals surface area contributed by atoms with E-state index < -0.39 is 0 Å². The molecule has 1 aliphatic rings. The highest BCUT2D eigenvalue weighted by molar-refractivity contribution is 5.97. The van der Waals surface area contributed by atoms with Crippen LogP contribution in [0.5, 0.6) is 0 Å². The first-order valence-corrected chi connectivity index (χ1v) is 9.41. The third kappa shape index (κ3) is 3.07. The molecule has 28 heavy (non-hydrogen) atoms. The summed E-state index contributed by atoms with van der Waals surface area (Å²) >= 11 is 0. The van der Waals surface area contributed by atoms with Crippen LogP contribution in [0.15, 0.2) is 42.9 Å². The zero-order valence-corrected chi connectivity index (χ0v) is 16.0. The van der Waals surface area contributed by atoms with Gasteiger partial charge in [-0.25, -0.2) is 9.97 Å². The average Bonchev–Trinajstić information content (AvgIpc) is 3.33. The van der Waals surface area contributed by atoms with Crippen LogP contribution in [0.25, 0.3) is 11.0 Å². The minimum absolute atomic E-state index is 0.0585. The number of likely N-dealkylation sites (N-methyl/N-ethyl adjacent to an activating group) is 1. The summed E-state index contributed by atoms with van der Waals surface area (Å²) in [5.41, 5.74) is 1.69. The Morgan fingerprint density at radius 1 is 1.32 bits per heavy atom. The normalized spacial score (nSPS) is 19.0. The summed E-state index contributed by atoms with van der Waals surface area (Å²) in [6.45, 7) is 2.74. The van der Waals surface area contributed by atoms with Crippen LogP contribution in [-0.4, -0.2) is 51.4 Å². The fourth-order valence-corrected chi connectivity index (χ4v) is 4.09. The van der Waals surface area contributed by atoms with Crippen LogP contribution in [0.1, 0.15) is 35.7 Å². The molecule has 4 rings (SSSR count). The van der Waals surface area contributed by atoms with Gasteiger partial charge >= 0.3 is 0 Å². The van der Waals surface area contributed by atoms with Crippen LogP contribution in [0.2, 0.25) is 0 Å². The molecule has 0 radical (unpaired) electrons. The molecule has 2 atom stereocenters. The van der Waals surface area contributed by atoms with Gasteiger partial charge in [0.2, 0.25) is 0 Å². The molecule has 1 amide bonds. The van der Waals surface area contributed by atoms with Gasteiger partial charge in [-0.15, -0.1) is 0 Å². The molecular formula is C21H22N6O. The summed E-state index contributed by atoms with van der Waals surface area (Å²) in [7, 11) is 1.99. The van der Waals surface area contributed by atoms with Crippen LogP contribution in [-0.2, 0) is 0 Å². The highest BCUT2D eigenvalue weighted by atomic mass is 16.2. The van der Waals surface area contributed by atoms with E-state index >= 15 is 0 Å². The summed E-state index contributed by atoms with van der Waals surface area (Å²) in [6.07, 6.45) is 5.27. The molecule has 1 aliphatic heterocycles. The molecule has 142 valence electrons. The SMILES string of the molecule is C[C@H]1CC[C@H](CN(C)c2ncnc3[nH]ccc23)N1C(=O)c1ccccc1C#N. The first kappa shape index (κ1) is 18.0. The van der Waals surface area contributed by atoms with Gasteiger partial charge in [-0.3, -0.25) is 4.79 Å². The summed E-state index contributed by atoms with van der Waals surface area (Å²) in [5, 5.41) is 10.3. The molecule has 7 heteroatoms. The van der Waals surface area contributed by atoms with Crippen molar-refractivity contribution in [1.29, 1.82) is 5.26 Å². The fraction of sp³-hybridized carbons (Fsp3) is 0.333. The largest absolute Gasteiger partial charge is 0.357 e. The van der Waals surface area contributed by atoms with E-state index in [1.165, 1.54) is 0 Å². The lowest BCUT2D eigenvalue weighted by molar-refractivity contribution is 0.0684. The molecule has 0 unspecified atom stereocenters. The highest BCUT2D eigenvalue weighted by Gasteiger charge is 2.36. The summed E-state index contributed by atoms with van der Waals surface area (Å²) in [4.78, 5) is 29.1. The lowest BCUT2D eigenvalue weighted by Gasteiger charge is -2.32. The maximum Gasteiger partial charge on any atom is 0.255 e. The number of aromatic nitrogens is 3. The van der Waals surface area contributed by atoms with E-state index in [2.05, 4.69) is 32.8 Å². The predicted molar refractivity (Wildman–Crippen MR) is 107 cm³/mol. The number of nitrogens with zero attached hydrogens (tertiary/aromatic N) is 5. The Balaban J connectivity index is 1.60. The van der Waals surface area contributed by atoms with E-state index in [1.54, 1.807) is 30.6 Å². The summed E-state index contributed by atoms with van der Waals surface area (Å²) in [6, 6.07) is 11.3. The zero-order valence-electron chi connectivity index (χ0n) is 16.0. The van der Waals surface area contributed by atoms with Crippen molar-refractivity contribution in [2.45, 2.75) is 31.8 Å². The molecule has 0 spiro atoms. The molecular weight excluding hydrogens is 352 g/mol. The minimum atomic E-state index is -0.0740. The molecule has 0 saturated carbocycles. The first-order valence-electron chi connectivity index (χ1n) is 9.41. The molecule has 1 fully saturated rings. The number of benzene rings is 1. The van der Waals surface area contributed by atoms with Gasteiger partial charge in [0.15, 0.2) is 0 Å². The van der Waals surface area contributed by atoms with Gasteiger partial charge in [-0.05, 0) is 38.0 Å². The second-order valence-electron chi connectivity index (χ2n) is 7.27. The van der Waals surface area contributed by atoms with Gasteiger partial charge in [-0.1, -0.05) is 12.1 Å². The van der Waals surface area contributed by atoms with Gasteiger partial charge in [0, 0.05) is 31.9 Å². The van der Waals surface area contributed by atoms with E-state index in [0.29, 0.717) is 17.7 Å². The maximum absolute atomic E-state index is 13.3. The highest BCUT2D eigenvalue weighted by Crippen LogP contribution is 2.29. The lowest BCUT2D eigenvalue weighted by Crippen LogP contribution is -2.45. The smallest absolute Gasteiger partial charge is 0.255 e. The van der Waals surface area contributed by atoms with Gasteiger partial charge in [0.05, 0.1) is 22.6 Å². The van der Waals surface area contributed by atoms with Crippen molar-refractivity contribution in [2.24, 2.45) is 0 Å². The van der Waals surface area contributed by atoms with Crippen molar-refractivity contribution in [3.8, 4) is 6.07 Å². The molecule has 0 bridgehead atoms. The van der Waals surface area contributed by atoms with Crippen LogP contribution >= 0.6 is 0 Å². The molecule has 0 aliphatic carbocycles. The van der Waals surface area contributed by atoms with Crippen molar-refractivity contribution in [3.63, 3.8) is 0 Å². The predicted octanol–water partition coefficient (Wildman–Crippen LogP) is 2.96. The number of fused-ring (bicyclic) bond motifs is 1. The Kier molecular flexibility index (Phi) is 4.70. The van der Waals surface area contributed by atoms with E-state index in [4.69, 9.17) is 0 Å². The van der Waals surface area contributed by atoms with Crippen molar-refractivity contribution in [3.05, 3.63) is 54.0 Å². The Morgan fingerprint density at radius 2 is 2.14 bits per heavy atom. The van der Waals surface area contributed by atoms with Crippen LogP contribution in [0.4, 0.5) is 5.82 Å². The number of carbonyl (C=O) groups excluding carboxylic acids is 1. The zero-order chi connectivity index (χ0) is 19.7. The van der Waals surface area contributed by atoms with Gasteiger partial charge < -0.3 is 14.8 Å². The summed E-state index contributed by atoms with van der Waals surface area (Å²) in [5.74, 6) is 0.769. The number of likely N-dealkylation sites (tertiary alicyclic amines) is 1. The molecule has 1 aromatic carbocycles. The first-order chi connectivity index (χ1) is 13.6. The Labute approximate surface area is 163 Å². The van der Waals surface area contributed by atoms with E-state index in [1.807, 2.05) is 24.2 Å². The third-order valence-electron chi connectivity index (χ3n) is 5.48. The Morgan fingerprint density at radius 3 is 2.96 bits per heavy atom. The number of aromatic amines is 1. The minimum Gasteiger partial charge on any atom is -0.357 e. The van der Waals surface area contributed by atoms with Crippen molar-refractivity contribution >= 4 is 22.8 Å². The monoisotopic (exact) mass is 374 g/mol. The number of nitrogens with one attached hydrogen (secondary N) is 1. The lowest BCUT2D eigenvalue weighted by atomic mass is 10.1. The Hall–Kier alpha value is -3.40. The van der Waals surface area contributed by atoms with Gasteiger partial charge in [-0.2, -0.15) is 5.26 Å². The summed E-state index contributed by atoms with van der Waals surface area (Å²) < 4.78 is 0. The third-order valence-corrected chi connectivity index (χ3v) is 5.48. The Bertz CT molecular complexity index is 1050. The van der Waals surface area contributed by atoms with E-state index in [0.717, 1.165) is 29.7 Å². The van der Waals surface area contributed by atoms with Crippen LogP contribution in [0.3, 0.4) is 0 Å². The molecule has 7 nitrogen and oxygen atoms in total. The quantitative estimate of drug-likeness (QED) is 0.758. The number of H-pyrrole nitrogens is 1. The van der Waals surface area contributed by atoms with Crippen LogP contribution < -0.4 is 4.90 Å². The topological polar surface area (TPSA) is 88.9 Å². The second-order valence-corrected chi connectivity index (χ2v) is 7.27. The average molecular weight is 374 g/mol. The molecule has 3 heterocycles. The van der Waals surface area contributed by atoms with Gasteiger partial charge in [0.1, 0.15) is 17.8 Å². The molecule has 3 aromatic rings. The maximum atomic E-state index is 13.3.